The lowest BCUT2D eigenvalue weighted by Crippen LogP contribution is -2.36. The van der Waals surface area contributed by atoms with Crippen LogP contribution in [0.2, 0.25) is 0 Å². The largest absolute Gasteiger partial charge is 0.369 e. The zero-order chi connectivity index (χ0) is 14.5. The van der Waals surface area contributed by atoms with Crippen LogP contribution in [-0.2, 0) is 10.0 Å². The molecule has 0 bridgehead atoms. The number of primary sulfonamides is 1. The van der Waals surface area contributed by atoms with E-state index in [1.807, 2.05) is 0 Å². The van der Waals surface area contributed by atoms with Crippen LogP contribution in [0.4, 0.5) is 5.82 Å². The molecule has 1 heterocycles. The van der Waals surface area contributed by atoms with Crippen molar-refractivity contribution < 1.29 is 8.42 Å². The van der Waals surface area contributed by atoms with Crippen LogP contribution in [0.25, 0.3) is 0 Å². The fourth-order valence-electron chi connectivity index (χ4n) is 1.79. The molecule has 0 saturated carbocycles. The van der Waals surface area contributed by atoms with Gasteiger partial charge in [-0.25, -0.2) is 18.5 Å². The van der Waals surface area contributed by atoms with Crippen LogP contribution in [0.1, 0.15) is 26.7 Å². The number of nitrogens with two attached hydrogens (primary N) is 2. The predicted octanol–water partition coefficient (Wildman–Crippen LogP) is 0.906. The lowest BCUT2D eigenvalue weighted by Gasteiger charge is -2.30. The van der Waals surface area contributed by atoms with Crippen molar-refractivity contribution in [1.82, 2.24) is 4.98 Å². The highest BCUT2D eigenvalue weighted by molar-refractivity contribution is 7.89. The zero-order valence-electron chi connectivity index (χ0n) is 11.4. The molecule has 6 nitrogen and oxygen atoms in total. The second-order valence-corrected chi connectivity index (χ2v) is 6.25. The van der Waals surface area contributed by atoms with Crippen LogP contribution in [0.3, 0.4) is 0 Å². The number of pyridine rings is 1. The van der Waals surface area contributed by atoms with Crippen LogP contribution in [0.15, 0.2) is 23.2 Å². The van der Waals surface area contributed by atoms with Gasteiger partial charge in [-0.05, 0) is 36.9 Å². The van der Waals surface area contributed by atoms with E-state index in [4.69, 9.17) is 10.9 Å². The van der Waals surface area contributed by atoms with Crippen LogP contribution in [-0.4, -0.2) is 26.5 Å². The predicted molar refractivity (Wildman–Crippen MR) is 76.2 cm³/mol. The smallest absolute Gasteiger partial charge is 0.239 e. The first-order chi connectivity index (χ1) is 8.87. The van der Waals surface area contributed by atoms with Gasteiger partial charge in [0.2, 0.25) is 10.0 Å². The molecule has 5 N–H and O–H groups in total. The molecular formula is C12H22N4O2S. The maximum Gasteiger partial charge on any atom is 0.239 e. The Balaban J connectivity index is 2.74. The Morgan fingerprint density at radius 3 is 2.32 bits per heavy atom. The molecule has 0 fully saturated rings. The molecule has 0 aromatic carbocycles. The SMILES string of the molecule is CCC(CC)(CN)CNc1ccc(S(N)(=O)=O)cn1. The van der Waals surface area contributed by atoms with E-state index in [2.05, 4.69) is 24.1 Å². The highest BCUT2D eigenvalue weighted by Crippen LogP contribution is 2.25. The van der Waals surface area contributed by atoms with Crippen LogP contribution < -0.4 is 16.2 Å². The minimum atomic E-state index is -3.69. The van der Waals surface area contributed by atoms with Gasteiger partial charge in [0, 0.05) is 12.7 Å². The molecule has 0 spiro atoms. The van der Waals surface area contributed by atoms with Crippen molar-refractivity contribution in [2.24, 2.45) is 16.3 Å². The van der Waals surface area contributed by atoms with Gasteiger partial charge in [0.1, 0.15) is 10.7 Å². The van der Waals surface area contributed by atoms with E-state index in [9.17, 15) is 8.42 Å². The number of aromatic nitrogens is 1. The Bertz CT molecular complexity index is 487. The molecule has 0 aliphatic carbocycles. The molecule has 108 valence electrons. The summed E-state index contributed by atoms with van der Waals surface area (Å²) in [6, 6.07) is 3.04. The Labute approximate surface area is 114 Å². The molecule has 0 amide bonds. The zero-order valence-corrected chi connectivity index (χ0v) is 12.2. The van der Waals surface area contributed by atoms with Crippen molar-refractivity contribution in [3.05, 3.63) is 18.3 Å². The summed E-state index contributed by atoms with van der Waals surface area (Å²) in [5, 5.41) is 8.20. The van der Waals surface area contributed by atoms with Gasteiger partial charge in [-0.2, -0.15) is 0 Å². The van der Waals surface area contributed by atoms with Gasteiger partial charge < -0.3 is 11.1 Å². The second-order valence-electron chi connectivity index (χ2n) is 4.69. The summed E-state index contributed by atoms with van der Waals surface area (Å²) in [5.74, 6) is 0.618. The van der Waals surface area contributed by atoms with Crippen molar-refractivity contribution in [3.8, 4) is 0 Å². The lowest BCUT2D eigenvalue weighted by atomic mass is 9.82. The van der Waals surface area contributed by atoms with Crippen molar-refractivity contribution >= 4 is 15.8 Å². The summed E-state index contributed by atoms with van der Waals surface area (Å²) in [7, 11) is -3.69. The molecule has 0 unspecified atom stereocenters. The van der Waals surface area contributed by atoms with E-state index in [1.54, 1.807) is 6.07 Å². The first-order valence-electron chi connectivity index (χ1n) is 6.29. The topological polar surface area (TPSA) is 111 Å². The summed E-state index contributed by atoms with van der Waals surface area (Å²) in [4.78, 5) is 4.05. The van der Waals surface area contributed by atoms with Crippen LogP contribution in [0.5, 0.6) is 0 Å². The number of hydrogen-bond donors (Lipinski definition) is 3. The van der Waals surface area contributed by atoms with Gasteiger partial charge in [0.25, 0.3) is 0 Å². The van der Waals surface area contributed by atoms with Crippen molar-refractivity contribution in [2.75, 3.05) is 18.4 Å². The number of nitrogens with one attached hydrogen (secondary N) is 1. The van der Waals surface area contributed by atoms with Gasteiger partial charge in [0.15, 0.2) is 0 Å². The summed E-state index contributed by atoms with van der Waals surface area (Å²) in [6.07, 6.45) is 3.20. The third kappa shape index (κ3) is 4.15. The molecule has 0 aliphatic heterocycles. The van der Waals surface area contributed by atoms with E-state index >= 15 is 0 Å². The average Bonchev–Trinajstić information content (AvgIpc) is 2.40. The first-order valence-corrected chi connectivity index (χ1v) is 7.84. The summed E-state index contributed by atoms with van der Waals surface area (Å²) < 4.78 is 22.2. The van der Waals surface area contributed by atoms with Gasteiger partial charge in [-0.15, -0.1) is 0 Å². The Kier molecular flexibility index (Phi) is 5.28. The molecule has 0 aliphatic rings. The van der Waals surface area contributed by atoms with Gasteiger partial charge in [-0.3, -0.25) is 0 Å². The van der Waals surface area contributed by atoms with Crippen LogP contribution in [0, 0.1) is 5.41 Å². The molecule has 19 heavy (non-hydrogen) atoms. The summed E-state index contributed by atoms with van der Waals surface area (Å²) >= 11 is 0. The van der Waals surface area contributed by atoms with Crippen LogP contribution >= 0.6 is 0 Å². The van der Waals surface area contributed by atoms with Gasteiger partial charge >= 0.3 is 0 Å². The number of nitrogens with zero attached hydrogens (tertiary/aromatic N) is 1. The molecule has 0 radical (unpaired) electrons. The number of rotatable bonds is 7. The molecule has 1 aromatic heterocycles. The monoisotopic (exact) mass is 286 g/mol. The molecular weight excluding hydrogens is 264 g/mol. The second kappa shape index (κ2) is 6.31. The summed E-state index contributed by atoms with van der Waals surface area (Å²) in [5.41, 5.74) is 5.86. The number of sulfonamides is 1. The van der Waals surface area contributed by atoms with Gasteiger partial charge in [0.05, 0.1) is 0 Å². The third-order valence-corrected chi connectivity index (χ3v) is 4.54. The fourth-order valence-corrected chi connectivity index (χ4v) is 2.25. The Morgan fingerprint density at radius 1 is 1.32 bits per heavy atom. The van der Waals surface area contributed by atoms with Gasteiger partial charge in [-0.1, -0.05) is 13.8 Å². The minimum Gasteiger partial charge on any atom is -0.369 e. The van der Waals surface area contributed by atoms with Crippen molar-refractivity contribution in [1.29, 1.82) is 0 Å². The number of hydrogen-bond acceptors (Lipinski definition) is 5. The minimum absolute atomic E-state index is 0.00845. The van der Waals surface area contributed by atoms with E-state index in [1.165, 1.54) is 12.3 Å². The average molecular weight is 286 g/mol. The Hall–Kier alpha value is -1.18. The van der Waals surface area contributed by atoms with Crippen molar-refractivity contribution in [2.45, 2.75) is 31.6 Å². The normalized spacial score (nSPS) is 12.4. The molecule has 0 atom stereocenters. The molecule has 0 saturated heterocycles. The maximum absolute atomic E-state index is 11.1. The molecule has 1 aromatic rings. The first kappa shape index (κ1) is 15.9. The lowest BCUT2D eigenvalue weighted by molar-refractivity contribution is 0.294. The Morgan fingerprint density at radius 2 is 1.95 bits per heavy atom. The highest BCUT2D eigenvalue weighted by Gasteiger charge is 2.24. The van der Waals surface area contributed by atoms with Crippen molar-refractivity contribution in [3.63, 3.8) is 0 Å². The molecule has 7 heteroatoms. The van der Waals surface area contributed by atoms with E-state index in [0.717, 1.165) is 12.8 Å². The highest BCUT2D eigenvalue weighted by atomic mass is 32.2. The third-order valence-electron chi connectivity index (χ3n) is 3.64. The van der Waals surface area contributed by atoms with E-state index < -0.39 is 10.0 Å². The summed E-state index contributed by atoms with van der Waals surface area (Å²) in [6.45, 7) is 5.52. The van der Waals surface area contributed by atoms with E-state index in [-0.39, 0.29) is 10.3 Å². The fraction of sp³-hybridized carbons (Fsp3) is 0.583. The standard InChI is InChI=1S/C12H22N4O2S/c1-3-12(4-2,8-13)9-16-11-6-5-10(7-15-11)19(14,17)18/h5-7H,3-4,8-9,13H2,1-2H3,(H,15,16)(H2,14,17,18). The number of anilines is 1. The van der Waals surface area contributed by atoms with E-state index in [0.29, 0.717) is 18.9 Å². The quantitative estimate of drug-likeness (QED) is 0.689. The maximum atomic E-state index is 11.1. The molecule has 1 rings (SSSR count).